The first-order chi connectivity index (χ1) is 3.21. The molecule has 0 radical (unpaired) electrons. The van der Waals surface area contributed by atoms with Crippen molar-refractivity contribution in [3.63, 3.8) is 0 Å². The van der Waals surface area contributed by atoms with Gasteiger partial charge in [-0.25, -0.2) is 9.12 Å². The monoisotopic (exact) mass is 116 g/mol. The lowest BCUT2D eigenvalue weighted by Crippen LogP contribution is -2.31. The van der Waals surface area contributed by atoms with Crippen LogP contribution in [0.3, 0.4) is 0 Å². The molecule has 0 amide bonds. The van der Waals surface area contributed by atoms with Crippen molar-refractivity contribution in [3.05, 3.63) is 0 Å². The molecule has 0 saturated heterocycles. The Morgan fingerprint density at radius 3 is 2.57 bits per heavy atom. The predicted molar refractivity (Wildman–Crippen MR) is 33.3 cm³/mol. The summed E-state index contributed by atoms with van der Waals surface area (Å²) in [5, 5.41) is 0. The van der Waals surface area contributed by atoms with Crippen LogP contribution in [-0.2, 0) is 0 Å². The lowest BCUT2D eigenvalue weighted by atomic mass is 10.1. The Balaban J connectivity index is 2.57. The van der Waals surface area contributed by atoms with Crippen LogP contribution in [0.5, 0.6) is 0 Å². The molecule has 0 aromatic rings. The number of nitrogens with one attached hydrogen (secondary N) is 1. The lowest BCUT2D eigenvalue weighted by molar-refractivity contribution is 0.672. The third-order valence-electron chi connectivity index (χ3n) is 0.737. The number of rotatable bonds is 0. The second-order valence-electron chi connectivity index (χ2n) is 2.15. The predicted octanol–water partition coefficient (Wildman–Crippen LogP) is 1.00. The molecule has 1 N–H and O–H groups in total. The molecule has 1 heterocycles. The van der Waals surface area contributed by atoms with E-state index in [-0.39, 0.29) is 5.54 Å². The molecule has 0 aromatic carbocycles. The number of hydrogen-bond acceptors (Lipinski definition) is 3. The third kappa shape index (κ3) is 1.17. The fraction of sp³-hybridized carbons (Fsp3) is 0.750. The first kappa shape index (κ1) is 5.12. The molecular formula is C4H8N2S. The van der Waals surface area contributed by atoms with Crippen LogP contribution in [0.2, 0.25) is 0 Å². The van der Waals surface area contributed by atoms with Crippen LogP contribution in [0.4, 0.5) is 0 Å². The molecule has 0 unspecified atom stereocenters. The summed E-state index contributed by atoms with van der Waals surface area (Å²) >= 11 is 1.40. The summed E-state index contributed by atoms with van der Waals surface area (Å²) in [4.78, 5) is 0. The van der Waals surface area contributed by atoms with Crippen molar-refractivity contribution in [1.29, 1.82) is 0 Å². The molecule has 0 aliphatic carbocycles. The van der Waals surface area contributed by atoms with Crippen molar-refractivity contribution in [2.24, 2.45) is 4.40 Å². The summed E-state index contributed by atoms with van der Waals surface area (Å²) in [6.07, 6.45) is 1.90. The largest absolute Gasteiger partial charge is 0.233 e. The highest BCUT2D eigenvalue weighted by Crippen LogP contribution is 2.13. The normalized spacial score (nSPS) is 26.0. The zero-order valence-electron chi connectivity index (χ0n) is 4.43. The van der Waals surface area contributed by atoms with Crippen LogP contribution in [0.25, 0.3) is 0 Å². The molecular weight excluding hydrogens is 108 g/mol. The molecule has 40 valence electrons. The summed E-state index contributed by atoms with van der Waals surface area (Å²) in [5.41, 5.74) is 0.116. The van der Waals surface area contributed by atoms with E-state index in [1.54, 1.807) is 0 Å². The number of nitrogens with zero attached hydrogens (tertiary/aromatic N) is 1. The molecule has 1 aliphatic rings. The fourth-order valence-electron chi connectivity index (χ4n) is 0.328. The minimum Gasteiger partial charge on any atom is -0.233 e. The Hall–Kier alpha value is -0.0200. The van der Waals surface area contributed by atoms with E-state index in [0.29, 0.717) is 0 Å². The van der Waals surface area contributed by atoms with Gasteiger partial charge < -0.3 is 0 Å². The Bertz CT molecular complexity index is 97.9. The average Bonchev–Trinajstić information content (AvgIpc) is 1.84. The summed E-state index contributed by atoms with van der Waals surface area (Å²) in [5.74, 6) is 0. The standard InChI is InChI=1S/C4H8N2S/c1-4(2)3-5-7-6-4/h3,6H,1-2H3. The van der Waals surface area contributed by atoms with E-state index < -0.39 is 0 Å². The van der Waals surface area contributed by atoms with Crippen molar-refractivity contribution < 1.29 is 0 Å². The topological polar surface area (TPSA) is 24.4 Å². The van der Waals surface area contributed by atoms with E-state index >= 15 is 0 Å². The van der Waals surface area contributed by atoms with Crippen molar-refractivity contribution >= 4 is 18.3 Å². The second-order valence-corrected chi connectivity index (χ2v) is 2.75. The maximum absolute atomic E-state index is 3.92. The van der Waals surface area contributed by atoms with E-state index in [2.05, 4.69) is 23.0 Å². The highest BCUT2D eigenvalue weighted by Gasteiger charge is 2.17. The van der Waals surface area contributed by atoms with Gasteiger partial charge in [-0.1, -0.05) is 0 Å². The van der Waals surface area contributed by atoms with Gasteiger partial charge in [0.2, 0.25) is 0 Å². The van der Waals surface area contributed by atoms with Gasteiger partial charge >= 0.3 is 0 Å². The quantitative estimate of drug-likeness (QED) is 0.477. The van der Waals surface area contributed by atoms with Crippen LogP contribution in [0, 0.1) is 0 Å². The van der Waals surface area contributed by atoms with E-state index in [1.807, 2.05) is 6.21 Å². The van der Waals surface area contributed by atoms with Gasteiger partial charge in [0.05, 0.1) is 17.7 Å². The Kier molecular flexibility index (Phi) is 1.09. The highest BCUT2D eigenvalue weighted by molar-refractivity contribution is 7.96. The maximum atomic E-state index is 3.92. The fourth-order valence-corrected chi connectivity index (χ4v) is 0.985. The molecule has 1 rings (SSSR count). The van der Waals surface area contributed by atoms with E-state index in [4.69, 9.17) is 0 Å². The molecule has 0 aromatic heterocycles. The van der Waals surface area contributed by atoms with E-state index in [1.165, 1.54) is 12.1 Å². The molecule has 0 atom stereocenters. The average molecular weight is 116 g/mol. The summed E-state index contributed by atoms with van der Waals surface area (Å²) in [6, 6.07) is 0. The Labute approximate surface area is 47.7 Å². The molecule has 0 spiro atoms. The van der Waals surface area contributed by atoms with Crippen LogP contribution in [0.1, 0.15) is 13.8 Å². The molecule has 3 heteroatoms. The van der Waals surface area contributed by atoms with Crippen LogP contribution in [0.15, 0.2) is 4.40 Å². The minimum absolute atomic E-state index is 0.116. The molecule has 1 aliphatic heterocycles. The van der Waals surface area contributed by atoms with Gasteiger partial charge in [-0.2, -0.15) is 0 Å². The van der Waals surface area contributed by atoms with Crippen molar-refractivity contribution in [1.82, 2.24) is 4.72 Å². The van der Waals surface area contributed by atoms with Gasteiger partial charge in [0.15, 0.2) is 0 Å². The first-order valence-electron chi connectivity index (χ1n) is 2.18. The van der Waals surface area contributed by atoms with Crippen molar-refractivity contribution in [2.75, 3.05) is 0 Å². The number of hydrogen-bond donors (Lipinski definition) is 1. The third-order valence-corrected chi connectivity index (χ3v) is 1.57. The highest BCUT2D eigenvalue weighted by atomic mass is 32.2. The summed E-state index contributed by atoms with van der Waals surface area (Å²) < 4.78 is 7.01. The van der Waals surface area contributed by atoms with Crippen molar-refractivity contribution in [2.45, 2.75) is 19.4 Å². The molecule has 0 saturated carbocycles. The summed E-state index contributed by atoms with van der Waals surface area (Å²) in [6.45, 7) is 4.16. The van der Waals surface area contributed by atoms with Gasteiger partial charge in [0.1, 0.15) is 0 Å². The smallest absolute Gasteiger partial charge is 0.0601 e. The zero-order chi connectivity index (χ0) is 5.33. The van der Waals surface area contributed by atoms with Crippen LogP contribution < -0.4 is 4.72 Å². The van der Waals surface area contributed by atoms with Gasteiger partial charge in [-0.05, 0) is 13.8 Å². The first-order valence-corrected chi connectivity index (χ1v) is 2.96. The van der Waals surface area contributed by atoms with E-state index in [0.717, 1.165) is 0 Å². The van der Waals surface area contributed by atoms with Gasteiger partial charge in [-0.3, -0.25) is 0 Å². The van der Waals surface area contributed by atoms with Gasteiger partial charge in [-0.15, -0.1) is 0 Å². The van der Waals surface area contributed by atoms with Gasteiger partial charge in [0, 0.05) is 6.21 Å². The molecule has 0 fully saturated rings. The molecule has 7 heavy (non-hydrogen) atoms. The Morgan fingerprint density at radius 1 is 1.71 bits per heavy atom. The van der Waals surface area contributed by atoms with Crippen LogP contribution in [-0.4, -0.2) is 11.8 Å². The van der Waals surface area contributed by atoms with Crippen LogP contribution >= 0.6 is 12.1 Å². The van der Waals surface area contributed by atoms with Crippen molar-refractivity contribution in [3.8, 4) is 0 Å². The minimum atomic E-state index is 0.116. The summed E-state index contributed by atoms with van der Waals surface area (Å²) in [7, 11) is 0. The molecule has 2 nitrogen and oxygen atoms in total. The second kappa shape index (κ2) is 1.49. The Morgan fingerprint density at radius 2 is 2.43 bits per heavy atom. The maximum Gasteiger partial charge on any atom is 0.0601 e. The molecule has 0 bridgehead atoms. The zero-order valence-corrected chi connectivity index (χ0v) is 5.25. The van der Waals surface area contributed by atoms with E-state index in [9.17, 15) is 0 Å². The SMILES string of the molecule is CC1(C)C=NSN1. The van der Waals surface area contributed by atoms with Gasteiger partial charge in [0.25, 0.3) is 0 Å². The lowest BCUT2D eigenvalue weighted by Gasteiger charge is -2.10.